The molecule has 1 amide bonds. The maximum atomic E-state index is 12.3. The fraction of sp³-hybridized carbons (Fsp3) is 0.391. The Balaban J connectivity index is 1.79. The van der Waals surface area contributed by atoms with Crippen molar-refractivity contribution in [2.45, 2.75) is 51.6 Å². The van der Waals surface area contributed by atoms with Crippen molar-refractivity contribution in [2.75, 3.05) is 12.3 Å². The number of unbranched alkanes of at least 4 members (excludes halogenated alkanes) is 3. The number of aryl methyl sites for hydroxylation is 2. The number of rotatable bonds is 10. The van der Waals surface area contributed by atoms with Crippen LogP contribution < -0.4 is 5.32 Å². The van der Waals surface area contributed by atoms with Gasteiger partial charge in [0.25, 0.3) is 0 Å². The van der Waals surface area contributed by atoms with E-state index in [0.29, 0.717) is 10.9 Å². The summed E-state index contributed by atoms with van der Waals surface area (Å²) in [5, 5.41) is 12.5. The molecule has 30 heavy (non-hydrogen) atoms. The number of pyridine rings is 1. The molecule has 0 aliphatic rings. The van der Waals surface area contributed by atoms with Gasteiger partial charge in [-0.2, -0.15) is 0 Å². The monoisotopic (exact) mass is 423 g/mol. The van der Waals surface area contributed by atoms with Gasteiger partial charge in [0.15, 0.2) is 11.0 Å². The van der Waals surface area contributed by atoms with Crippen LogP contribution in [0.5, 0.6) is 0 Å². The number of carbonyl (C=O) groups is 1. The first-order valence-electron chi connectivity index (χ1n) is 10.4. The van der Waals surface area contributed by atoms with Gasteiger partial charge >= 0.3 is 0 Å². The standard InChI is InChI=1S/C23H29N5OS/c1-4-5-6-7-13-25-21(29)16-30-23-27-26-22(19-9-8-12-24-15-19)28(23)20-11-10-17(2)14-18(20)3/h8-12,14-15H,4-7,13,16H2,1-3H3,(H,25,29). The molecule has 158 valence electrons. The van der Waals surface area contributed by atoms with E-state index in [4.69, 9.17) is 0 Å². The van der Waals surface area contributed by atoms with Gasteiger partial charge in [-0.15, -0.1) is 10.2 Å². The van der Waals surface area contributed by atoms with Crippen molar-refractivity contribution in [3.63, 3.8) is 0 Å². The molecule has 0 atom stereocenters. The highest BCUT2D eigenvalue weighted by molar-refractivity contribution is 7.99. The molecule has 0 aliphatic heterocycles. The Morgan fingerprint density at radius 3 is 2.73 bits per heavy atom. The molecule has 0 saturated heterocycles. The molecule has 0 radical (unpaired) electrons. The molecule has 3 aromatic rings. The number of benzene rings is 1. The zero-order valence-electron chi connectivity index (χ0n) is 17.9. The van der Waals surface area contributed by atoms with Gasteiger partial charge < -0.3 is 5.32 Å². The molecule has 1 aromatic carbocycles. The summed E-state index contributed by atoms with van der Waals surface area (Å²) in [6.07, 6.45) is 8.09. The number of hydrogen-bond acceptors (Lipinski definition) is 5. The first-order chi connectivity index (χ1) is 14.6. The molecule has 7 heteroatoms. The Labute approximate surface area is 182 Å². The number of amides is 1. The lowest BCUT2D eigenvalue weighted by atomic mass is 10.1. The number of nitrogens with one attached hydrogen (secondary N) is 1. The molecule has 0 bridgehead atoms. The van der Waals surface area contributed by atoms with E-state index in [1.54, 1.807) is 12.4 Å². The van der Waals surface area contributed by atoms with E-state index >= 15 is 0 Å². The second kappa shape index (κ2) is 10.9. The SMILES string of the molecule is CCCCCCNC(=O)CSc1nnc(-c2cccnc2)n1-c1ccc(C)cc1C. The van der Waals surface area contributed by atoms with Crippen LogP contribution >= 0.6 is 11.8 Å². The van der Waals surface area contributed by atoms with Gasteiger partial charge in [-0.25, -0.2) is 0 Å². The molecule has 0 spiro atoms. The normalized spacial score (nSPS) is 10.9. The number of thioether (sulfide) groups is 1. The minimum atomic E-state index is 0.0228. The molecule has 0 saturated carbocycles. The van der Waals surface area contributed by atoms with E-state index < -0.39 is 0 Å². The van der Waals surface area contributed by atoms with Crippen LogP contribution in [0.3, 0.4) is 0 Å². The zero-order chi connectivity index (χ0) is 21.3. The van der Waals surface area contributed by atoms with E-state index in [2.05, 4.69) is 59.5 Å². The van der Waals surface area contributed by atoms with Gasteiger partial charge in [-0.3, -0.25) is 14.3 Å². The van der Waals surface area contributed by atoms with Gasteiger partial charge in [0.2, 0.25) is 5.91 Å². The number of carbonyl (C=O) groups excluding carboxylic acids is 1. The summed E-state index contributed by atoms with van der Waals surface area (Å²) in [5.41, 5.74) is 4.22. The number of aromatic nitrogens is 4. The van der Waals surface area contributed by atoms with Crippen molar-refractivity contribution in [1.82, 2.24) is 25.1 Å². The van der Waals surface area contributed by atoms with Gasteiger partial charge in [-0.05, 0) is 44.0 Å². The van der Waals surface area contributed by atoms with Gasteiger partial charge in [0.1, 0.15) is 0 Å². The molecule has 0 unspecified atom stereocenters. The molecule has 0 fully saturated rings. The summed E-state index contributed by atoms with van der Waals surface area (Å²) in [4.78, 5) is 16.5. The molecular formula is C23H29N5OS. The van der Waals surface area contributed by atoms with Crippen molar-refractivity contribution in [1.29, 1.82) is 0 Å². The predicted octanol–water partition coefficient (Wildman–Crippen LogP) is 4.73. The summed E-state index contributed by atoms with van der Waals surface area (Å²) < 4.78 is 2.02. The van der Waals surface area contributed by atoms with Crippen LogP contribution in [0.25, 0.3) is 17.1 Å². The van der Waals surface area contributed by atoms with E-state index in [-0.39, 0.29) is 5.91 Å². The molecule has 1 N–H and O–H groups in total. The van der Waals surface area contributed by atoms with E-state index in [0.717, 1.165) is 42.0 Å². The van der Waals surface area contributed by atoms with Gasteiger partial charge in [0, 0.05) is 24.5 Å². The van der Waals surface area contributed by atoms with Crippen LogP contribution in [0.1, 0.15) is 43.7 Å². The summed E-state index contributed by atoms with van der Waals surface area (Å²) in [6, 6.07) is 10.1. The van der Waals surface area contributed by atoms with Crippen LogP contribution in [0.4, 0.5) is 0 Å². The summed E-state index contributed by atoms with van der Waals surface area (Å²) in [6.45, 7) is 7.06. The lowest BCUT2D eigenvalue weighted by Gasteiger charge is -2.13. The Bertz CT molecular complexity index is 971. The average molecular weight is 424 g/mol. The molecule has 6 nitrogen and oxygen atoms in total. The van der Waals surface area contributed by atoms with Crippen LogP contribution in [-0.4, -0.2) is 38.0 Å². The molecule has 0 aliphatic carbocycles. The van der Waals surface area contributed by atoms with Crippen molar-refractivity contribution in [2.24, 2.45) is 0 Å². The average Bonchev–Trinajstić information content (AvgIpc) is 3.16. The molecule has 2 heterocycles. The summed E-state index contributed by atoms with van der Waals surface area (Å²) in [7, 11) is 0. The molecule has 2 aromatic heterocycles. The smallest absolute Gasteiger partial charge is 0.230 e. The highest BCUT2D eigenvalue weighted by Crippen LogP contribution is 2.29. The quantitative estimate of drug-likeness (QED) is 0.377. The lowest BCUT2D eigenvalue weighted by Crippen LogP contribution is -2.26. The lowest BCUT2D eigenvalue weighted by molar-refractivity contribution is -0.118. The van der Waals surface area contributed by atoms with Crippen molar-refractivity contribution in [3.8, 4) is 17.1 Å². The highest BCUT2D eigenvalue weighted by Gasteiger charge is 2.18. The summed E-state index contributed by atoms with van der Waals surface area (Å²) in [5.74, 6) is 1.05. The Kier molecular flexibility index (Phi) is 8.02. The second-order valence-corrected chi connectivity index (χ2v) is 8.32. The Morgan fingerprint density at radius 1 is 1.13 bits per heavy atom. The highest BCUT2D eigenvalue weighted by atomic mass is 32.2. The third kappa shape index (κ3) is 5.69. The fourth-order valence-electron chi connectivity index (χ4n) is 3.28. The molecular weight excluding hydrogens is 394 g/mol. The van der Waals surface area contributed by atoms with Crippen LogP contribution in [-0.2, 0) is 4.79 Å². The first kappa shape index (κ1) is 22.0. The van der Waals surface area contributed by atoms with Gasteiger partial charge in [-0.1, -0.05) is 55.6 Å². The van der Waals surface area contributed by atoms with E-state index in [1.807, 2.05) is 16.7 Å². The first-order valence-corrected chi connectivity index (χ1v) is 11.4. The van der Waals surface area contributed by atoms with Crippen LogP contribution in [0.15, 0.2) is 47.9 Å². The van der Waals surface area contributed by atoms with Crippen LogP contribution in [0, 0.1) is 13.8 Å². The molecule has 3 rings (SSSR count). The second-order valence-electron chi connectivity index (χ2n) is 7.37. The van der Waals surface area contributed by atoms with Crippen molar-refractivity contribution < 1.29 is 4.79 Å². The zero-order valence-corrected chi connectivity index (χ0v) is 18.7. The fourth-order valence-corrected chi connectivity index (χ4v) is 4.05. The number of hydrogen-bond donors (Lipinski definition) is 1. The van der Waals surface area contributed by atoms with Crippen LogP contribution in [0.2, 0.25) is 0 Å². The van der Waals surface area contributed by atoms with E-state index in [1.165, 1.54) is 30.2 Å². The minimum Gasteiger partial charge on any atom is -0.355 e. The van der Waals surface area contributed by atoms with Crippen molar-refractivity contribution in [3.05, 3.63) is 53.9 Å². The van der Waals surface area contributed by atoms with Gasteiger partial charge in [0.05, 0.1) is 11.4 Å². The van der Waals surface area contributed by atoms with E-state index in [9.17, 15) is 4.79 Å². The summed E-state index contributed by atoms with van der Waals surface area (Å²) >= 11 is 1.40. The Morgan fingerprint density at radius 2 is 2.00 bits per heavy atom. The van der Waals surface area contributed by atoms with Crippen molar-refractivity contribution >= 4 is 17.7 Å². The Hall–Kier alpha value is -2.67. The maximum absolute atomic E-state index is 12.3. The topological polar surface area (TPSA) is 72.7 Å². The largest absolute Gasteiger partial charge is 0.355 e. The minimum absolute atomic E-state index is 0.0228. The third-order valence-electron chi connectivity index (χ3n) is 4.83. The predicted molar refractivity (Wildman–Crippen MR) is 122 cm³/mol. The third-order valence-corrected chi connectivity index (χ3v) is 5.76. The number of nitrogens with zero attached hydrogens (tertiary/aromatic N) is 4. The maximum Gasteiger partial charge on any atom is 0.230 e.